The van der Waals surface area contributed by atoms with E-state index in [1.54, 1.807) is 0 Å². The lowest BCUT2D eigenvalue weighted by molar-refractivity contribution is -0.172. The lowest BCUT2D eigenvalue weighted by atomic mass is 9.73. The van der Waals surface area contributed by atoms with Gasteiger partial charge in [-0.3, -0.25) is 4.79 Å². The standard InChI is InChI=1S/C10H16O2/c1-6-3-4-8-5-9(6)12-10(11)7(8)2/h6-9H,3-5H2,1-2H3. The first-order chi connectivity index (χ1) is 5.68. The van der Waals surface area contributed by atoms with Crippen molar-refractivity contribution in [1.29, 1.82) is 0 Å². The Morgan fingerprint density at radius 3 is 2.83 bits per heavy atom. The summed E-state index contributed by atoms with van der Waals surface area (Å²) in [4.78, 5) is 11.3. The average molecular weight is 168 g/mol. The highest BCUT2D eigenvalue weighted by Crippen LogP contribution is 2.39. The molecule has 0 aromatic rings. The fourth-order valence-corrected chi connectivity index (χ4v) is 2.38. The molecule has 68 valence electrons. The molecule has 2 heteroatoms. The van der Waals surface area contributed by atoms with Crippen LogP contribution in [0.5, 0.6) is 0 Å². The van der Waals surface area contributed by atoms with E-state index < -0.39 is 0 Å². The third kappa shape index (κ3) is 1.13. The monoisotopic (exact) mass is 168 g/mol. The maximum Gasteiger partial charge on any atom is 0.309 e. The maximum atomic E-state index is 11.3. The average Bonchev–Trinajstić information content (AvgIpc) is 2.06. The Kier molecular flexibility index (Phi) is 1.85. The van der Waals surface area contributed by atoms with Gasteiger partial charge in [0.05, 0.1) is 5.92 Å². The van der Waals surface area contributed by atoms with E-state index >= 15 is 0 Å². The third-order valence-electron chi connectivity index (χ3n) is 3.51. The molecular formula is C10H16O2. The summed E-state index contributed by atoms with van der Waals surface area (Å²) in [6.45, 7) is 4.18. The highest BCUT2D eigenvalue weighted by molar-refractivity contribution is 5.73. The fraction of sp³-hybridized carbons (Fsp3) is 0.900. The van der Waals surface area contributed by atoms with Gasteiger partial charge in [-0.05, 0) is 31.1 Å². The van der Waals surface area contributed by atoms with Gasteiger partial charge in [-0.2, -0.15) is 0 Å². The first kappa shape index (κ1) is 8.09. The summed E-state index contributed by atoms with van der Waals surface area (Å²) < 4.78 is 5.34. The minimum Gasteiger partial charge on any atom is -0.462 e. The van der Waals surface area contributed by atoms with Gasteiger partial charge in [-0.25, -0.2) is 0 Å². The van der Waals surface area contributed by atoms with Gasteiger partial charge in [-0.1, -0.05) is 13.8 Å². The zero-order valence-electron chi connectivity index (χ0n) is 7.75. The van der Waals surface area contributed by atoms with E-state index in [2.05, 4.69) is 6.92 Å². The van der Waals surface area contributed by atoms with Gasteiger partial charge < -0.3 is 4.74 Å². The van der Waals surface area contributed by atoms with Crippen molar-refractivity contribution in [2.45, 2.75) is 39.2 Å². The van der Waals surface area contributed by atoms with Crippen molar-refractivity contribution in [3.8, 4) is 0 Å². The summed E-state index contributed by atoms with van der Waals surface area (Å²) in [7, 11) is 0. The number of carbonyl (C=O) groups is 1. The SMILES string of the molecule is CC1CCC2CC1OC(=O)C2C. The number of hydrogen-bond donors (Lipinski definition) is 0. The Balaban J connectivity index is 2.13. The zero-order chi connectivity index (χ0) is 8.72. The summed E-state index contributed by atoms with van der Waals surface area (Å²) in [5, 5.41) is 0. The summed E-state index contributed by atoms with van der Waals surface area (Å²) in [6.07, 6.45) is 3.78. The second kappa shape index (κ2) is 2.75. The van der Waals surface area contributed by atoms with Crippen LogP contribution in [0.2, 0.25) is 0 Å². The maximum absolute atomic E-state index is 11.3. The van der Waals surface area contributed by atoms with E-state index in [1.165, 1.54) is 12.8 Å². The highest BCUT2D eigenvalue weighted by atomic mass is 16.5. The van der Waals surface area contributed by atoms with E-state index in [-0.39, 0.29) is 18.0 Å². The van der Waals surface area contributed by atoms with E-state index in [0.29, 0.717) is 11.8 Å². The molecule has 1 saturated heterocycles. The topological polar surface area (TPSA) is 26.3 Å². The Labute approximate surface area is 73.3 Å². The van der Waals surface area contributed by atoms with Crippen LogP contribution >= 0.6 is 0 Å². The molecule has 0 amide bonds. The molecule has 0 N–H and O–H groups in total. The summed E-state index contributed by atoms with van der Waals surface area (Å²) in [6, 6.07) is 0. The van der Waals surface area contributed by atoms with Crippen molar-refractivity contribution in [3.05, 3.63) is 0 Å². The van der Waals surface area contributed by atoms with Gasteiger partial charge in [0, 0.05) is 0 Å². The van der Waals surface area contributed by atoms with Gasteiger partial charge in [0.1, 0.15) is 6.10 Å². The van der Waals surface area contributed by atoms with E-state index in [4.69, 9.17) is 4.74 Å². The molecule has 1 aliphatic carbocycles. The molecule has 1 heterocycles. The first-order valence-corrected chi connectivity index (χ1v) is 4.89. The third-order valence-corrected chi connectivity index (χ3v) is 3.51. The largest absolute Gasteiger partial charge is 0.462 e. The number of fused-ring (bicyclic) bond motifs is 2. The molecule has 12 heavy (non-hydrogen) atoms. The Bertz CT molecular complexity index is 200. The van der Waals surface area contributed by atoms with Crippen LogP contribution in [0.3, 0.4) is 0 Å². The molecule has 2 rings (SSSR count). The Morgan fingerprint density at radius 2 is 2.08 bits per heavy atom. The van der Waals surface area contributed by atoms with E-state index in [9.17, 15) is 4.79 Å². The Hall–Kier alpha value is -0.530. The van der Waals surface area contributed by atoms with Crippen LogP contribution in [0.4, 0.5) is 0 Å². The van der Waals surface area contributed by atoms with Crippen molar-refractivity contribution in [2.75, 3.05) is 0 Å². The van der Waals surface area contributed by atoms with Crippen molar-refractivity contribution < 1.29 is 9.53 Å². The predicted molar refractivity (Wildman–Crippen MR) is 45.5 cm³/mol. The normalized spacial score (nSPS) is 47.0. The van der Waals surface area contributed by atoms with Crippen LogP contribution in [0.1, 0.15) is 33.1 Å². The van der Waals surface area contributed by atoms with Gasteiger partial charge in [0.25, 0.3) is 0 Å². The summed E-state index contributed by atoms with van der Waals surface area (Å²) in [5.41, 5.74) is 0. The second-order valence-electron chi connectivity index (χ2n) is 4.31. The minimum atomic E-state index is 0.0304. The first-order valence-electron chi connectivity index (χ1n) is 4.89. The molecule has 2 fully saturated rings. The van der Waals surface area contributed by atoms with E-state index in [0.717, 1.165) is 6.42 Å². The van der Waals surface area contributed by atoms with Gasteiger partial charge in [0.2, 0.25) is 0 Å². The lowest BCUT2D eigenvalue weighted by Crippen LogP contribution is -2.43. The van der Waals surface area contributed by atoms with E-state index in [1.807, 2.05) is 6.92 Å². The molecule has 0 aromatic carbocycles. The van der Waals surface area contributed by atoms with Crippen molar-refractivity contribution in [1.82, 2.24) is 0 Å². The molecule has 2 nitrogen and oxygen atoms in total. The Morgan fingerprint density at radius 1 is 1.33 bits per heavy atom. The van der Waals surface area contributed by atoms with Crippen LogP contribution in [0.25, 0.3) is 0 Å². The number of hydrogen-bond acceptors (Lipinski definition) is 2. The highest BCUT2D eigenvalue weighted by Gasteiger charge is 2.40. The number of carbonyl (C=O) groups excluding carboxylic acids is 1. The molecule has 2 bridgehead atoms. The minimum absolute atomic E-state index is 0.0304. The zero-order valence-corrected chi connectivity index (χ0v) is 7.75. The van der Waals surface area contributed by atoms with Crippen molar-refractivity contribution in [3.63, 3.8) is 0 Å². The molecule has 0 spiro atoms. The van der Waals surface area contributed by atoms with Crippen LogP contribution in [-0.2, 0) is 9.53 Å². The molecule has 0 aromatic heterocycles. The van der Waals surface area contributed by atoms with Crippen LogP contribution in [0, 0.1) is 17.8 Å². The number of esters is 1. The number of rotatable bonds is 0. The molecular weight excluding hydrogens is 152 g/mol. The van der Waals surface area contributed by atoms with Gasteiger partial charge in [-0.15, -0.1) is 0 Å². The smallest absolute Gasteiger partial charge is 0.309 e. The van der Waals surface area contributed by atoms with Crippen LogP contribution in [-0.4, -0.2) is 12.1 Å². The summed E-state index contributed by atoms with van der Waals surface area (Å²) in [5.74, 6) is 1.36. The molecule has 1 aliphatic heterocycles. The molecule has 4 atom stereocenters. The number of ether oxygens (including phenoxy) is 1. The summed E-state index contributed by atoms with van der Waals surface area (Å²) >= 11 is 0. The quantitative estimate of drug-likeness (QED) is 0.517. The van der Waals surface area contributed by atoms with Crippen LogP contribution < -0.4 is 0 Å². The van der Waals surface area contributed by atoms with Crippen LogP contribution in [0.15, 0.2) is 0 Å². The predicted octanol–water partition coefficient (Wildman–Crippen LogP) is 1.98. The lowest BCUT2D eigenvalue weighted by Gasteiger charge is -2.41. The molecule has 2 aliphatic rings. The fourth-order valence-electron chi connectivity index (χ4n) is 2.38. The van der Waals surface area contributed by atoms with Gasteiger partial charge in [0.15, 0.2) is 0 Å². The molecule has 1 saturated carbocycles. The molecule has 0 radical (unpaired) electrons. The van der Waals surface area contributed by atoms with Crippen molar-refractivity contribution >= 4 is 5.97 Å². The van der Waals surface area contributed by atoms with Crippen molar-refractivity contribution in [2.24, 2.45) is 17.8 Å². The second-order valence-corrected chi connectivity index (χ2v) is 4.31. The molecule has 4 unspecified atom stereocenters. The van der Waals surface area contributed by atoms with Gasteiger partial charge >= 0.3 is 5.97 Å².